The van der Waals surface area contributed by atoms with Crippen molar-refractivity contribution in [2.45, 2.75) is 25.3 Å². The normalized spacial score (nSPS) is 17.1. The van der Waals surface area contributed by atoms with E-state index in [1.165, 1.54) is 30.6 Å². The summed E-state index contributed by atoms with van der Waals surface area (Å²) >= 11 is 6.74. The van der Waals surface area contributed by atoms with E-state index in [4.69, 9.17) is 21.1 Å². The first-order valence-electron chi connectivity index (χ1n) is 18.7. The minimum absolute atomic E-state index is 0.0101. The molecule has 0 radical (unpaired) electrons. The second-order valence-electron chi connectivity index (χ2n) is 14.0. The maximum absolute atomic E-state index is 16.2. The Balaban J connectivity index is 0.799. The number of piperazine rings is 1. The van der Waals surface area contributed by atoms with E-state index in [9.17, 15) is 29.1 Å². The Kier molecular flexibility index (Phi) is 10.7. The number of carbonyl (C=O) groups excluding carboxylic acids is 5. The Morgan fingerprint density at radius 2 is 1.71 bits per heavy atom. The molecular weight excluding hydrogens is 771 g/mol. The number of fused-ring (bicyclic) bond motifs is 3. The molecule has 58 heavy (non-hydrogen) atoms. The molecule has 16 heteroatoms. The summed E-state index contributed by atoms with van der Waals surface area (Å²) in [5, 5.41) is 14.6. The molecule has 8 rings (SSSR count). The van der Waals surface area contributed by atoms with E-state index >= 15 is 4.39 Å². The summed E-state index contributed by atoms with van der Waals surface area (Å²) in [7, 11) is 0. The molecule has 0 bridgehead atoms. The largest absolute Gasteiger partial charge is 0.508 e. The smallest absolute Gasteiger partial charge is 0.262 e. The number of piperidine rings is 1. The van der Waals surface area contributed by atoms with Crippen LogP contribution in [0.4, 0.5) is 10.2 Å². The average molecular weight is 807 g/mol. The molecule has 0 spiro atoms. The number of halogens is 2. The van der Waals surface area contributed by atoms with E-state index in [-0.39, 0.29) is 64.9 Å². The molecule has 0 saturated carbocycles. The van der Waals surface area contributed by atoms with E-state index in [0.29, 0.717) is 61.7 Å². The second kappa shape index (κ2) is 16.2. The first kappa shape index (κ1) is 38.4. The van der Waals surface area contributed by atoms with Crippen LogP contribution in [0.15, 0.2) is 79.1 Å². The molecule has 3 aliphatic rings. The number of phenols is 1. The van der Waals surface area contributed by atoms with Gasteiger partial charge in [-0.1, -0.05) is 41.9 Å². The third-order valence-electron chi connectivity index (χ3n) is 10.4. The molecule has 14 nitrogen and oxygen atoms in total. The molecule has 1 unspecified atom stereocenters. The maximum Gasteiger partial charge on any atom is 0.262 e. The van der Waals surface area contributed by atoms with Crippen LogP contribution >= 0.6 is 11.6 Å². The molecular formula is C42H36ClFN6O8. The Labute approximate surface area is 335 Å². The lowest BCUT2D eigenvalue weighted by Crippen LogP contribution is -2.54. The molecule has 3 aliphatic heterocycles. The fourth-order valence-electron chi connectivity index (χ4n) is 7.56. The van der Waals surface area contributed by atoms with Crippen molar-refractivity contribution >= 4 is 68.6 Å². The second-order valence-corrected chi connectivity index (χ2v) is 14.4. The Morgan fingerprint density at radius 3 is 2.52 bits per heavy atom. The maximum atomic E-state index is 16.2. The predicted octanol–water partition coefficient (Wildman–Crippen LogP) is 5.04. The topological polar surface area (TPSA) is 172 Å². The van der Waals surface area contributed by atoms with Crippen molar-refractivity contribution in [3.05, 3.63) is 101 Å². The summed E-state index contributed by atoms with van der Waals surface area (Å²) in [5.41, 5.74) is 0.989. The van der Waals surface area contributed by atoms with Crippen molar-refractivity contribution < 1.29 is 42.9 Å². The zero-order valence-corrected chi connectivity index (χ0v) is 31.7. The molecule has 4 heterocycles. The number of carbonyl (C=O) groups is 5. The number of ether oxygens (including phenoxy) is 2. The van der Waals surface area contributed by atoms with Gasteiger partial charge in [-0.2, -0.15) is 0 Å². The van der Waals surface area contributed by atoms with Gasteiger partial charge in [-0.15, -0.1) is 0 Å². The lowest BCUT2D eigenvalue weighted by Gasteiger charge is -2.35. The van der Waals surface area contributed by atoms with Crippen LogP contribution in [-0.2, 0) is 19.1 Å². The number of amides is 5. The molecule has 296 valence electrons. The van der Waals surface area contributed by atoms with Crippen molar-refractivity contribution in [3.63, 3.8) is 0 Å². The van der Waals surface area contributed by atoms with E-state index < -0.39 is 35.5 Å². The van der Waals surface area contributed by atoms with Crippen molar-refractivity contribution in [1.82, 2.24) is 25.1 Å². The van der Waals surface area contributed by atoms with Crippen molar-refractivity contribution in [3.8, 4) is 22.6 Å². The van der Waals surface area contributed by atoms with Gasteiger partial charge >= 0.3 is 0 Å². The van der Waals surface area contributed by atoms with E-state index in [0.717, 1.165) is 15.7 Å². The van der Waals surface area contributed by atoms with Gasteiger partial charge in [0.2, 0.25) is 17.7 Å². The number of hydrogen-bond donors (Lipinski definition) is 2. The third-order valence-corrected chi connectivity index (χ3v) is 10.7. The Morgan fingerprint density at radius 1 is 0.914 bits per heavy atom. The number of benzene rings is 4. The molecule has 5 amide bonds. The Bertz CT molecular complexity index is 2540. The van der Waals surface area contributed by atoms with Crippen molar-refractivity contribution in [2.75, 3.05) is 50.9 Å². The number of nitrogens with zero attached hydrogens (tertiary/aromatic N) is 5. The zero-order chi connectivity index (χ0) is 40.5. The summed E-state index contributed by atoms with van der Waals surface area (Å²) in [6.45, 7) is 2.49. The fourth-order valence-corrected chi connectivity index (χ4v) is 7.85. The van der Waals surface area contributed by atoms with Gasteiger partial charge < -0.3 is 24.4 Å². The molecule has 2 saturated heterocycles. The van der Waals surface area contributed by atoms with Crippen LogP contribution < -0.4 is 15.0 Å². The van der Waals surface area contributed by atoms with Gasteiger partial charge in [0.25, 0.3) is 11.8 Å². The highest BCUT2D eigenvalue weighted by Gasteiger charge is 2.44. The number of phenolic OH excluding ortho intramolecular Hbond substituents is 1. The van der Waals surface area contributed by atoms with Crippen LogP contribution in [0.25, 0.3) is 32.8 Å². The lowest BCUT2D eigenvalue weighted by atomic mass is 9.96. The number of nitrogens with one attached hydrogen (secondary N) is 1. The first-order valence-corrected chi connectivity index (χ1v) is 19.1. The number of aromatic hydroxyl groups is 1. The van der Waals surface area contributed by atoms with Crippen molar-refractivity contribution in [1.29, 1.82) is 0 Å². The van der Waals surface area contributed by atoms with Gasteiger partial charge in [-0.05, 0) is 71.7 Å². The van der Waals surface area contributed by atoms with Gasteiger partial charge in [-0.3, -0.25) is 34.2 Å². The highest BCUT2D eigenvalue weighted by Crippen LogP contribution is 2.42. The van der Waals surface area contributed by atoms with Crippen LogP contribution in [0, 0.1) is 5.82 Å². The predicted molar refractivity (Wildman–Crippen MR) is 211 cm³/mol. The number of aromatic nitrogens is 2. The van der Waals surface area contributed by atoms with Crippen LogP contribution in [0.3, 0.4) is 0 Å². The third kappa shape index (κ3) is 7.41. The molecule has 2 N–H and O–H groups in total. The molecule has 1 atom stereocenters. The number of imide groups is 2. The molecule has 0 aliphatic carbocycles. The minimum Gasteiger partial charge on any atom is -0.508 e. The van der Waals surface area contributed by atoms with Crippen LogP contribution in [0.2, 0.25) is 5.02 Å². The summed E-state index contributed by atoms with van der Waals surface area (Å²) in [4.78, 5) is 76.0. The molecule has 4 aromatic carbocycles. The lowest BCUT2D eigenvalue weighted by molar-refractivity contribution is -0.136. The minimum atomic E-state index is -1.04. The highest BCUT2D eigenvalue weighted by molar-refractivity contribution is 6.35. The number of anilines is 1. The van der Waals surface area contributed by atoms with Gasteiger partial charge in [-0.25, -0.2) is 14.4 Å². The zero-order valence-electron chi connectivity index (χ0n) is 31.0. The fraction of sp³-hybridized carbons (Fsp3) is 0.262. The standard InChI is InChI=1S/C42H36ClFN6O8/c43-32-22-31-38(37(44)36(32)29-20-25(51)19-24-5-1-2-6-27(24)29)45-23-46-39(31)49-14-12-48(13-15-49)35(53)7-3-4-16-57-17-18-58-26-8-9-28-30(21-26)42(56)50(41(28)55)33-10-11-34(52)47-40(33)54/h1-3,5-9,19-23,33,51H,4,10-18H2,(H,47,52,54)/b7-3+. The SMILES string of the molecule is O=C1CCC(N2C(=O)c3ccc(OCCOCC/C=C/C(=O)N4CCN(c5ncnc6c(F)c(-c7cc(O)cc8ccccc78)c(Cl)cc56)CC4)cc3C2=O)C(=O)N1. The molecule has 1 aromatic heterocycles. The molecule has 2 fully saturated rings. The monoisotopic (exact) mass is 806 g/mol. The van der Waals surface area contributed by atoms with Gasteiger partial charge in [0.1, 0.15) is 41.8 Å². The number of hydrogen-bond acceptors (Lipinski definition) is 11. The molecule has 5 aromatic rings. The summed E-state index contributed by atoms with van der Waals surface area (Å²) in [6, 6.07) is 15.6. The van der Waals surface area contributed by atoms with Crippen LogP contribution in [0.1, 0.15) is 40.0 Å². The number of rotatable bonds is 11. The van der Waals surface area contributed by atoms with E-state index in [1.807, 2.05) is 29.2 Å². The first-order chi connectivity index (χ1) is 28.1. The quantitative estimate of drug-likeness (QED) is 0.104. The van der Waals surface area contributed by atoms with Crippen LogP contribution in [0.5, 0.6) is 11.5 Å². The Hall–Kier alpha value is -6.45. The van der Waals surface area contributed by atoms with Crippen LogP contribution in [-0.4, -0.2) is 106 Å². The van der Waals surface area contributed by atoms with Gasteiger partial charge in [0, 0.05) is 43.5 Å². The van der Waals surface area contributed by atoms with Gasteiger partial charge in [0.15, 0.2) is 5.82 Å². The van der Waals surface area contributed by atoms with E-state index in [2.05, 4.69) is 15.3 Å². The summed E-state index contributed by atoms with van der Waals surface area (Å²) in [5.74, 6) is -2.22. The average Bonchev–Trinajstić information content (AvgIpc) is 3.46. The van der Waals surface area contributed by atoms with Crippen molar-refractivity contribution in [2.24, 2.45) is 0 Å². The highest BCUT2D eigenvalue weighted by atomic mass is 35.5. The summed E-state index contributed by atoms with van der Waals surface area (Å²) in [6.07, 6.45) is 5.16. The van der Waals surface area contributed by atoms with E-state index in [1.54, 1.807) is 29.2 Å². The van der Waals surface area contributed by atoms with Gasteiger partial charge in [0.05, 0.1) is 29.4 Å². The summed E-state index contributed by atoms with van der Waals surface area (Å²) < 4.78 is 27.6.